The highest BCUT2D eigenvalue weighted by molar-refractivity contribution is 5.33. The van der Waals surface area contributed by atoms with Crippen molar-refractivity contribution in [2.24, 2.45) is 5.92 Å². The molecule has 2 aliphatic heterocycles. The second-order valence-electron chi connectivity index (χ2n) is 4.16. The van der Waals surface area contributed by atoms with Crippen LogP contribution in [-0.4, -0.2) is 19.4 Å². The van der Waals surface area contributed by atoms with Crippen LogP contribution in [0, 0.1) is 5.92 Å². The minimum absolute atomic E-state index is 0.0603. The summed E-state index contributed by atoms with van der Waals surface area (Å²) in [4.78, 5) is 0. The van der Waals surface area contributed by atoms with Gasteiger partial charge in [-0.25, -0.2) is 0 Å². The van der Waals surface area contributed by atoms with Crippen LogP contribution in [0.1, 0.15) is 12.0 Å². The van der Waals surface area contributed by atoms with Gasteiger partial charge in [0.15, 0.2) is 0 Å². The SMILES string of the molecule is c1ccc2c(c1)COC(C1CCNC1)O2. The van der Waals surface area contributed by atoms with Crippen LogP contribution in [0.15, 0.2) is 24.3 Å². The zero-order valence-corrected chi connectivity index (χ0v) is 8.61. The predicted octanol–water partition coefficient (Wildman–Crippen LogP) is 1.53. The van der Waals surface area contributed by atoms with Crippen molar-refractivity contribution in [3.05, 3.63) is 29.8 Å². The van der Waals surface area contributed by atoms with Gasteiger partial charge in [0.25, 0.3) is 0 Å². The van der Waals surface area contributed by atoms with E-state index in [-0.39, 0.29) is 6.29 Å². The van der Waals surface area contributed by atoms with Gasteiger partial charge in [-0.1, -0.05) is 18.2 Å². The van der Waals surface area contributed by atoms with Crippen LogP contribution in [0.4, 0.5) is 0 Å². The summed E-state index contributed by atoms with van der Waals surface area (Å²) in [5, 5.41) is 3.33. The van der Waals surface area contributed by atoms with Crippen molar-refractivity contribution < 1.29 is 9.47 Å². The number of rotatable bonds is 1. The van der Waals surface area contributed by atoms with Crippen LogP contribution < -0.4 is 10.1 Å². The molecular formula is C12H15NO2. The smallest absolute Gasteiger partial charge is 0.204 e. The third-order valence-corrected chi connectivity index (χ3v) is 3.10. The van der Waals surface area contributed by atoms with E-state index in [0.717, 1.165) is 30.8 Å². The standard InChI is InChI=1S/C12H15NO2/c1-2-4-11-10(3-1)8-14-12(15-11)9-5-6-13-7-9/h1-4,9,12-13H,5-8H2. The normalized spacial score (nSPS) is 29.6. The molecule has 0 amide bonds. The first kappa shape index (κ1) is 9.19. The summed E-state index contributed by atoms with van der Waals surface area (Å²) < 4.78 is 11.6. The Bertz CT molecular complexity index is 347. The Hall–Kier alpha value is -1.06. The van der Waals surface area contributed by atoms with Crippen LogP contribution in [0.5, 0.6) is 5.75 Å². The average Bonchev–Trinajstić information content (AvgIpc) is 2.82. The van der Waals surface area contributed by atoms with Crippen LogP contribution in [0.25, 0.3) is 0 Å². The molecule has 2 atom stereocenters. The van der Waals surface area contributed by atoms with Crippen LogP contribution in [0.2, 0.25) is 0 Å². The molecule has 15 heavy (non-hydrogen) atoms. The number of para-hydroxylation sites is 1. The zero-order chi connectivity index (χ0) is 10.1. The van der Waals surface area contributed by atoms with E-state index in [1.165, 1.54) is 0 Å². The molecule has 1 aromatic rings. The van der Waals surface area contributed by atoms with E-state index >= 15 is 0 Å². The van der Waals surface area contributed by atoms with Gasteiger partial charge in [0.2, 0.25) is 6.29 Å². The van der Waals surface area contributed by atoms with E-state index < -0.39 is 0 Å². The third kappa shape index (κ3) is 1.73. The van der Waals surface area contributed by atoms with Crippen molar-refractivity contribution >= 4 is 0 Å². The van der Waals surface area contributed by atoms with Gasteiger partial charge in [0.1, 0.15) is 5.75 Å². The molecular weight excluding hydrogens is 190 g/mol. The Kier molecular flexibility index (Phi) is 2.35. The van der Waals surface area contributed by atoms with Gasteiger partial charge >= 0.3 is 0 Å². The lowest BCUT2D eigenvalue weighted by molar-refractivity contribution is -0.136. The number of fused-ring (bicyclic) bond motifs is 1. The van der Waals surface area contributed by atoms with E-state index in [9.17, 15) is 0 Å². The van der Waals surface area contributed by atoms with Gasteiger partial charge in [0.05, 0.1) is 6.61 Å². The summed E-state index contributed by atoms with van der Waals surface area (Å²) >= 11 is 0. The summed E-state index contributed by atoms with van der Waals surface area (Å²) in [5.41, 5.74) is 1.15. The van der Waals surface area contributed by atoms with Gasteiger partial charge in [-0.2, -0.15) is 0 Å². The number of ether oxygens (including phenoxy) is 2. The molecule has 0 radical (unpaired) electrons. The van der Waals surface area contributed by atoms with Crippen molar-refractivity contribution in [3.63, 3.8) is 0 Å². The molecule has 0 aliphatic carbocycles. The maximum atomic E-state index is 5.85. The second-order valence-corrected chi connectivity index (χ2v) is 4.16. The van der Waals surface area contributed by atoms with E-state index in [2.05, 4.69) is 11.4 Å². The first-order valence-corrected chi connectivity index (χ1v) is 5.50. The lowest BCUT2D eigenvalue weighted by Crippen LogP contribution is -2.34. The third-order valence-electron chi connectivity index (χ3n) is 3.10. The fourth-order valence-electron chi connectivity index (χ4n) is 2.21. The van der Waals surface area contributed by atoms with E-state index in [4.69, 9.17) is 9.47 Å². The Morgan fingerprint density at radius 2 is 2.20 bits per heavy atom. The van der Waals surface area contributed by atoms with Crippen molar-refractivity contribution in [1.29, 1.82) is 0 Å². The maximum Gasteiger partial charge on any atom is 0.204 e. The first-order valence-electron chi connectivity index (χ1n) is 5.50. The molecule has 1 aromatic carbocycles. The molecule has 0 aromatic heterocycles. The quantitative estimate of drug-likeness (QED) is 0.754. The fraction of sp³-hybridized carbons (Fsp3) is 0.500. The first-order chi connectivity index (χ1) is 7.43. The lowest BCUT2D eigenvalue weighted by Gasteiger charge is -2.29. The molecule has 0 bridgehead atoms. The molecule has 1 saturated heterocycles. The number of hydrogen-bond acceptors (Lipinski definition) is 3. The van der Waals surface area contributed by atoms with Gasteiger partial charge < -0.3 is 14.8 Å². The second kappa shape index (κ2) is 3.83. The molecule has 2 unspecified atom stereocenters. The van der Waals surface area contributed by atoms with Crippen LogP contribution in [-0.2, 0) is 11.3 Å². The molecule has 2 heterocycles. The monoisotopic (exact) mass is 205 g/mol. The zero-order valence-electron chi connectivity index (χ0n) is 8.61. The average molecular weight is 205 g/mol. The van der Waals surface area contributed by atoms with Crippen molar-refractivity contribution in [1.82, 2.24) is 5.32 Å². The number of benzene rings is 1. The maximum absolute atomic E-state index is 5.85. The largest absolute Gasteiger partial charge is 0.464 e. The molecule has 3 nitrogen and oxygen atoms in total. The highest BCUT2D eigenvalue weighted by atomic mass is 16.7. The summed E-state index contributed by atoms with van der Waals surface area (Å²) in [6.07, 6.45) is 1.09. The molecule has 2 aliphatic rings. The minimum atomic E-state index is -0.0603. The highest BCUT2D eigenvalue weighted by Gasteiger charge is 2.30. The highest BCUT2D eigenvalue weighted by Crippen LogP contribution is 2.29. The Morgan fingerprint density at radius 1 is 1.27 bits per heavy atom. The van der Waals surface area contributed by atoms with Crippen molar-refractivity contribution in [3.8, 4) is 5.75 Å². The number of hydrogen-bond donors (Lipinski definition) is 1. The molecule has 1 fully saturated rings. The molecule has 80 valence electrons. The van der Waals surface area contributed by atoms with Crippen LogP contribution in [0.3, 0.4) is 0 Å². The van der Waals surface area contributed by atoms with Crippen molar-refractivity contribution in [2.75, 3.05) is 13.1 Å². The van der Waals surface area contributed by atoms with E-state index in [0.29, 0.717) is 12.5 Å². The molecule has 0 spiro atoms. The summed E-state index contributed by atoms with van der Waals surface area (Å²) in [6.45, 7) is 2.76. The van der Waals surface area contributed by atoms with Gasteiger partial charge in [0, 0.05) is 18.0 Å². The van der Waals surface area contributed by atoms with E-state index in [1.807, 2.05) is 18.2 Å². The molecule has 1 N–H and O–H groups in total. The van der Waals surface area contributed by atoms with E-state index in [1.54, 1.807) is 0 Å². The van der Waals surface area contributed by atoms with Gasteiger partial charge in [-0.3, -0.25) is 0 Å². The lowest BCUT2D eigenvalue weighted by atomic mass is 10.1. The fourth-order valence-corrected chi connectivity index (χ4v) is 2.21. The summed E-state index contributed by atoms with van der Waals surface area (Å²) in [5.74, 6) is 1.49. The Labute approximate surface area is 89.4 Å². The topological polar surface area (TPSA) is 30.5 Å². The molecule has 3 heteroatoms. The minimum Gasteiger partial charge on any atom is -0.464 e. The predicted molar refractivity (Wildman–Crippen MR) is 56.6 cm³/mol. The molecule has 0 saturated carbocycles. The summed E-state index contributed by atoms with van der Waals surface area (Å²) in [7, 11) is 0. The van der Waals surface area contributed by atoms with Gasteiger partial charge in [-0.15, -0.1) is 0 Å². The van der Waals surface area contributed by atoms with Crippen LogP contribution >= 0.6 is 0 Å². The summed E-state index contributed by atoms with van der Waals surface area (Å²) in [6, 6.07) is 8.10. The van der Waals surface area contributed by atoms with Gasteiger partial charge in [-0.05, 0) is 19.0 Å². The molecule has 3 rings (SSSR count). The Morgan fingerprint density at radius 3 is 3.07 bits per heavy atom. The Balaban J connectivity index is 1.76. The number of nitrogens with one attached hydrogen (secondary N) is 1. The van der Waals surface area contributed by atoms with Crippen molar-refractivity contribution in [2.45, 2.75) is 19.3 Å².